The van der Waals surface area contributed by atoms with Crippen molar-refractivity contribution in [1.29, 1.82) is 0 Å². The molecule has 2 N–H and O–H groups in total. The van der Waals surface area contributed by atoms with E-state index in [9.17, 15) is 9.90 Å². The van der Waals surface area contributed by atoms with Gasteiger partial charge in [-0.25, -0.2) is 0 Å². The van der Waals surface area contributed by atoms with E-state index < -0.39 is 11.6 Å². The van der Waals surface area contributed by atoms with Crippen molar-refractivity contribution in [1.82, 2.24) is 15.5 Å². The van der Waals surface area contributed by atoms with Gasteiger partial charge in [-0.1, -0.05) is 41.7 Å². The first-order valence-corrected chi connectivity index (χ1v) is 10.0. The predicted octanol–water partition coefficient (Wildman–Crippen LogP) is 2.64. The van der Waals surface area contributed by atoms with Crippen LogP contribution in [0.1, 0.15) is 33.9 Å². The molecule has 3 aromatic rings. The third-order valence-electron chi connectivity index (χ3n) is 5.27. The number of hydrogen-bond donors (Lipinski definition) is 2. The van der Waals surface area contributed by atoms with Crippen LogP contribution in [0.15, 0.2) is 46.3 Å². The molecule has 2 aromatic heterocycles. The summed E-state index contributed by atoms with van der Waals surface area (Å²) in [6.45, 7) is 4.58. The molecule has 8 heteroatoms. The first-order valence-electron chi connectivity index (χ1n) is 9.14. The minimum atomic E-state index is -0.892. The normalized spacial score (nSPS) is 22.2. The smallest absolute Gasteiger partial charge is 0.255 e. The Labute approximate surface area is 167 Å². The van der Waals surface area contributed by atoms with E-state index in [-0.39, 0.29) is 5.91 Å². The number of anilines is 1. The number of piperidine rings is 1. The topological polar surface area (TPSA) is 91.5 Å². The molecule has 1 amide bonds. The number of hydrogen-bond acceptors (Lipinski definition) is 7. The minimum Gasteiger partial charge on any atom is -0.466 e. The Kier molecular flexibility index (Phi) is 4.91. The van der Waals surface area contributed by atoms with Crippen molar-refractivity contribution in [2.45, 2.75) is 31.9 Å². The van der Waals surface area contributed by atoms with Crippen molar-refractivity contribution in [3.05, 3.63) is 64.6 Å². The molecule has 28 heavy (non-hydrogen) atoms. The number of amides is 1. The van der Waals surface area contributed by atoms with Crippen molar-refractivity contribution in [2.75, 3.05) is 18.0 Å². The fourth-order valence-electron chi connectivity index (χ4n) is 3.83. The van der Waals surface area contributed by atoms with Crippen LogP contribution in [0.3, 0.4) is 0 Å². The zero-order valence-corrected chi connectivity index (χ0v) is 16.6. The average Bonchev–Trinajstić information content (AvgIpc) is 3.33. The summed E-state index contributed by atoms with van der Waals surface area (Å²) in [6, 6.07) is 11.4. The molecule has 0 saturated carbocycles. The number of aliphatic hydroxyl groups is 1. The van der Waals surface area contributed by atoms with Gasteiger partial charge in [-0.15, -0.1) is 10.2 Å². The van der Waals surface area contributed by atoms with Gasteiger partial charge in [0.05, 0.1) is 17.2 Å². The third-order valence-corrected chi connectivity index (χ3v) is 6.02. The second kappa shape index (κ2) is 7.37. The highest BCUT2D eigenvalue weighted by molar-refractivity contribution is 7.13. The molecule has 4 rings (SSSR count). The molecule has 2 atom stereocenters. The number of nitrogens with zero attached hydrogens (tertiary/aromatic N) is 3. The van der Waals surface area contributed by atoms with Gasteiger partial charge in [0.2, 0.25) is 5.13 Å². The zero-order valence-electron chi connectivity index (χ0n) is 15.8. The number of rotatable bonds is 4. The maximum atomic E-state index is 13.1. The number of nitrogens with one attached hydrogen (secondary N) is 1. The second-order valence-electron chi connectivity index (χ2n) is 7.05. The van der Waals surface area contributed by atoms with Gasteiger partial charge in [-0.3, -0.25) is 4.79 Å². The lowest BCUT2D eigenvalue weighted by atomic mass is 9.78. The van der Waals surface area contributed by atoms with Crippen LogP contribution >= 0.6 is 11.3 Å². The van der Waals surface area contributed by atoms with Gasteiger partial charge in [-0.2, -0.15) is 0 Å². The van der Waals surface area contributed by atoms with Gasteiger partial charge in [0.25, 0.3) is 5.91 Å². The molecule has 0 spiro atoms. The number of aliphatic hydroxyl groups excluding tert-OH is 1. The summed E-state index contributed by atoms with van der Waals surface area (Å²) in [4.78, 5) is 15.1. The number of aromatic nitrogens is 2. The van der Waals surface area contributed by atoms with Crippen LogP contribution in [0.4, 0.5) is 5.13 Å². The highest BCUT2D eigenvalue weighted by atomic mass is 32.1. The van der Waals surface area contributed by atoms with Gasteiger partial charge in [0.15, 0.2) is 0 Å². The van der Waals surface area contributed by atoms with Crippen molar-refractivity contribution >= 4 is 22.4 Å². The summed E-state index contributed by atoms with van der Waals surface area (Å²) in [7, 11) is 0. The SMILES string of the molecule is Cc1cc(C(=O)N[C@]2(c3ccccc3)CCN(c3nncs3)C[C@H]2O)c(C)o1. The highest BCUT2D eigenvalue weighted by Gasteiger charge is 2.45. The van der Waals surface area contributed by atoms with E-state index in [4.69, 9.17) is 4.42 Å². The number of aryl methyl sites for hydroxylation is 2. The maximum absolute atomic E-state index is 13.1. The summed E-state index contributed by atoms with van der Waals surface area (Å²) in [5.41, 5.74) is 2.15. The van der Waals surface area contributed by atoms with E-state index in [0.29, 0.717) is 36.6 Å². The van der Waals surface area contributed by atoms with E-state index in [1.54, 1.807) is 18.5 Å². The summed E-state index contributed by atoms with van der Waals surface area (Å²) >= 11 is 1.44. The fraction of sp³-hybridized carbons (Fsp3) is 0.350. The molecule has 7 nitrogen and oxygen atoms in total. The molecule has 1 aromatic carbocycles. The average molecular weight is 398 g/mol. The molecule has 1 aliphatic heterocycles. The van der Waals surface area contributed by atoms with E-state index in [0.717, 1.165) is 10.7 Å². The Morgan fingerprint density at radius 1 is 1.36 bits per heavy atom. The number of carbonyl (C=O) groups is 1. The standard InChI is InChI=1S/C20H22N4O3S/c1-13-10-16(14(2)27-13)18(26)22-20(15-6-4-3-5-7-15)8-9-24(11-17(20)25)19-23-21-12-28-19/h3-7,10,12,17,25H,8-9,11H2,1-2H3,(H,22,26)/t17-,20+/m1/s1. The molecule has 0 bridgehead atoms. The van der Waals surface area contributed by atoms with Gasteiger partial charge >= 0.3 is 0 Å². The van der Waals surface area contributed by atoms with Crippen LogP contribution in [0.5, 0.6) is 0 Å². The summed E-state index contributed by atoms with van der Waals surface area (Å²) in [5.74, 6) is 1.00. The summed E-state index contributed by atoms with van der Waals surface area (Å²) in [6.07, 6.45) is -0.274. The lowest BCUT2D eigenvalue weighted by Gasteiger charge is -2.46. The zero-order chi connectivity index (χ0) is 19.7. The molecule has 1 fully saturated rings. The quantitative estimate of drug-likeness (QED) is 0.702. The number of benzene rings is 1. The molecule has 0 unspecified atom stereocenters. The predicted molar refractivity (Wildman–Crippen MR) is 107 cm³/mol. The number of furan rings is 1. The molecular weight excluding hydrogens is 376 g/mol. The van der Waals surface area contributed by atoms with Crippen molar-refractivity contribution in [3.63, 3.8) is 0 Å². The van der Waals surface area contributed by atoms with Crippen LogP contribution in [0, 0.1) is 13.8 Å². The first-order chi connectivity index (χ1) is 13.5. The van der Waals surface area contributed by atoms with Crippen molar-refractivity contribution in [3.8, 4) is 0 Å². The van der Waals surface area contributed by atoms with Gasteiger partial charge in [0, 0.05) is 13.1 Å². The Bertz CT molecular complexity index is 957. The van der Waals surface area contributed by atoms with E-state index in [2.05, 4.69) is 15.5 Å². The molecule has 3 heterocycles. The highest BCUT2D eigenvalue weighted by Crippen LogP contribution is 2.36. The van der Waals surface area contributed by atoms with E-state index in [1.807, 2.05) is 42.2 Å². The van der Waals surface area contributed by atoms with Gasteiger partial charge < -0.3 is 19.7 Å². The molecule has 0 aliphatic carbocycles. The Morgan fingerprint density at radius 2 is 2.14 bits per heavy atom. The van der Waals surface area contributed by atoms with Crippen LogP contribution in [-0.4, -0.2) is 40.4 Å². The van der Waals surface area contributed by atoms with Crippen molar-refractivity contribution in [2.24, 2.45) is 0 Å². The third kappa shape index (κ3) is 3.29. The maximum Gasteiger partial charge on any atom is 0.255 e. The van der Waals surface area contributed by atoms with Gasteiger partial charge in [-0.05, 0) is 31.9 Å². The monoisotopic (exact) mass is 398 g/mol. The van der Waals surface area contributed by atoms with Crippen molar-refractivity contribution < 1.29 is 14.3 Å². The number of carbonyl (C=O) groups excluding carboxylic acids is 1. The second-order valence-corrected chi connectivity index (χ2v) is 7.86. The lowest BCUT2D eigenvalue weighted by molar-refractivity contribution is 0.0365. The van der Waals surface area contributed by atoms with E-state index in [1.165, 1.54) is 11.3 Å². The Balaban J connectivity index is 1.66. The summed E-state index contributed by atoms with van der Waals surface area (Å²) in [5, 5.41) is 23.1. The molecular formula is C20H22N4O3S. The van der Waals surface area contributed by atoms with Crippen LogP contribution < -0.4 is 10.2 Å². The summed E-state index contributed by atoms with van der Waals surface area (Å²) < 4.78 is 5.51. The molecule has 146 valence electrons. The Morgan fingerprint density at radius 3 is 2.75 bits per heavy atom. The number of β-amino-alcohol motifs (C(OH)–C–C–N with tert-alkyl or cyclic N) is 1. The Hall–Kier alpha value is -2.71. The largest absolute Gasteiger partial charge is 0.466 e. The van der Waals surface area contributed by atoms with Crippen LogP contribution in [-0.2, 0) is 5.54 Å². The van der Waals surface area contributed by atoms with Crippen LogP contribution in [0.2, 0.25) is 0 Å². The minimum absolute atomic E-state index is 0.249. The lowest BCUT2D eigenvalue weighted by Crippen LogP contribution is -2.62. The van der Waals surface area contributed by atoms with Gasteiger partial charge in [0.1, 0.15) is 17.0 Å². The first kappa shape index (κ1) is 18.6. The van der Waals surface area contributed by atoms with E-state index >= 15 is 0 Å². The molecule has 0 radical (unpaired) electrons. The molecule has 1 aliphatic rings. The fourth-order valence-corrected chi connectivity index (χ4v) is 4.43. The van der Waals surface area contributed by atoms with Crippen LogP contribution in [0.25, 0.3) is 0 Å². The molecule has 1 saturated heterocycles.